The van der Waals surface area contributed by atoms with E-state index in [1.165, 1.54) is 11.3 Å². The number of hydrogen-bond acceptors (Lipinski definition) is 5. The summed E-state index contributed by atoms with van der Waals surface area (Å²) in [6.07, 6.45) is 8.99. The van der Waals surface area contributed by atoms with Crippen molar-refractivity contribution in [2.24, 2.45) is 5.10 Å². The number of halogens is 1. The van der Waals surface area contributed by atoms with E-state index >= 15 is 0 Å². The van der Waals surface area contributed by atoms with E-state index in [2.05, 4.69) is 20.5 Å². The molecule has 0 spiro atoms. The third-order valence-electron chi connectivity index (χ3n) is 2.96. The summed E-state index contributed by atoms with van der Waals surface area (Å²) in [6, 6.07) is 11.5. The molecule has 0 aliphatic carbocycles. The van der Waals surface area contributed by atoms with Crippen LogP contribution in [0.5, 0.6) is 0 Å². The van der Waals surface area contributed by atoms with Gasteiger partial charge in [0, 0.05) is 34.6 Å². The van der Waals surface area contributed by atoms with E-state index in [0.717, 1.165) is 27.0 Å². The van der Waals surface area contributed by atoms with Crippen molar-refractivity contribution in [2.45, 2.75) is 0 Å². The summed E-state index contributed by atoms with van der Waals surface area (Å²) >= 11 is 7.35. The van der Waals surface area contributed by atoms with Gasteiger partial charge < -0.3 is 0 Å². The van der Waals surface area contributed by atoms with Gasteiger partial charge in [0.25, 0.3) is 0 Å². The van der Waals surface area contributed by atoms with Crippen molar-refractivity contribution in [3.05, 3.63) is 70.8 Å². The maximum Gasteiger partial charge on any atom is 0.203 e. The van der Waals surface area contributed by atoms with Crippen LogP contribution in [0.15, 0.2) is 65.3 Å². The number of hydrazone groups is 1. The van der Waals surface area contributed by atoms with Gasteiger partial charge in [0.2, 0.25) is 5.13 Å². The van der Waals surface area contributed by atoms with Crippen molar-refractivity contribution in [1.29, 1.82) is 0 Å². The minimum atomic E-state index is 0.728. The van der Waals surface area contributed by atoms with Crippen LogP contribution in [0.3, 0.4) is 0 Å². The van der Waals surface area contributed by atoms with Crippen LogP contribution >= 0.6 is 22.9 Å². The third kappa shape index (κ3) is 4.48. The molecule has 0 saturated heterocycles. The molecule has 2 heterocycles. The lowest BCUT2D eigenvalue weighted by Crippen LogP contribution is -1.87. The minimum Gasteiger partial charge on any atom is -0.265 e. The van der Waals surface area contributed by atoms with Crippen LogP contribution in [-0.4, -0.2) is 16.2 Å². The predicted molar refractivity (Wildman–Crippen MR) is 97.9 cm³/mol. The Balaban J connectivity index is 1.56. The predicted octanol–water partition coefficient (Wildman–Crippen LogP) is 4.97. The first kappa shape index (κ1) is 15.4. The fourth-order valence-corrected chi connectivity index (χ4v) is 2.64. The van der Waals surface area contributed by atoms with Crippen LogP contribution in [0.25, 0.3) is 17.3 Å². The molecule has 1 aromatic carbocycles. The molecule has 0 amide bonds. The lowest BCUT2D eigenvalue weighted by molar-refractivity contribution is 1.28. The third-order valence-corrected chi connectivity index (χ3v) is 3.96. The van der Waals surface area contributed by atoms with Crippen LogP contribution in [0.2, 0.25) is 5.02 Å². The second-order valence-electron chi connectivity index (χ2n) is 4.57. The Labute approximate surface area is 143 Å². The van der Waals surface area contributed by atoms with E-state index in [1.54, 1.807) is 18.6 Å². The molecular weight excluding hydrogens is 328 g/mol. The minimum absolute atomic E-state index is 0.728. The highest BCUT2D eigenvalue weighted by Gasteiger charge is 2.02. The van der Waals surface area contributed by atoms with E-state index in [4.69, 9.17) is 11.6 Å². The Morgan fingerprint density at radius 2 is 1.87 bits per heavy atom. The summed E-state index contributed by atoms with van der Waals surface area (Å²) in [5.74, 6) is 0. The summed E-state index contributed by atoms with van der Waals surface area (Å²) in [5, 5.41) is 7.58. The van der Waals surface area contributed by atoms with Crippen LogP contribution in [0, 0.1) is 0 Å². The fraction of sp³-hybridized carbons (Fsp3) is 0. The van der Waals surface area contributed by atoms with Crippen LogP contribution < -0.4 is 5.43 Å². The summed E-state index contributed by atoms with van der Waals surface area (Å²) in [4.78, 5) is 8.47. The molecule has 3 rings (SSSR count). The molecule has 0 atom stereocenters. The standard InChI is InChI=1S/C17H13ClN4S/c18-15-5-3-13(4-6-15)2-1-9-20-22-17-21-16(12-23-17)14-7-10-19-11-8-14/h1-12H,(H,21,22)/b2-1+,20-9+. The monoisotopic (exact) mass is 340 g/mol. The Hall–Kier alpha value is -2.50. The van der Waals surface area contributed by atoms with E-state index in [-0.39, 0.29) is 0 Å². The molecule has 1 N–H and O–H groups in total. The van der Waals surface area contributed by atoms with Gasteiger partial charge in [0.1, 0.15) is 0 Å². The number of nitrogens with one attached hydrogen (secondary N) is 1. The number of aromatic nitrogens is 2. The second-order valence-corrected chi connectivity index (χ2v) is 5.87. The van der Waals surface area contributed by atoms with Gasteiger partial charge in [-0.25, -0.2) is 4.98 Å². The highest BCUT2D eigenvalue weighted by atomic mass is 35.5. The first-order chi connectivity index (χ1) is 11.3. The van der Waals surface area contributed by atoms with Crippen molar-refractivity contribution >= 4 is 40.4 Å². The smallest absolute Gasteiger partial charge is 0.203 e. The summed E-state index contributed by atoms with van der Waals surface area (Å²) < 4.78 is 0. The lowest BCUT2D eigenvalue weighted by atomic mass is 10.2. The maximum absolute atomic E-state index is 5.84. The van der Waals surface area contributed by atoms with E-state index in [0.29, 0.717) is 0 Å². The summed E-state index contributed by atoms with van der Waals surface area (Å²) in [5.41, 5.74) is 5.93. The molecule has 0 unspecified atom stereocenters. The van der Waals surface area contributed by atoms with Gasteiger partial charge in [-0.3, -0.25) is 10.4 Å². The van der Waals surface area contributed by atoms with Gasteiger partial charge in [-0.1, -0.05) is 29.8 Å². The normalized spacial score (nSPS) is 11.3. The Kier molecular flexibility index (Phi) is 5.13. The van der Waals surface area contributed by atoms with Gasteiger partial charge >= 0.3 is 0 Å². The van der Waals surface area contributed by atoms with Crippen molar-refractivity contribution < 1.29 is 0 Å². The molecule has 23 heavy (non-hydrogen) atoms. The molecule has 4 nitrogen and oxygen atoms in total. The zero-order valence-electron chi connectivity index (χ0n) is 12.1. The molecule has 0 fully saturated rings. The largest absolute Gasteiger partial charge is 0.265 e. The van der Waals surface area contributed by atoms with Crippen molar-refractivity contribution in [3.63, 3.8) is 0 Å². The zero-order valence-corrected chi connectivity index (χ0v) is 13.6. The van der Waals surface area contributed by atoms with E-state index in [1.807, 2.05) is 53.9 Å². The molecule has 0 aliphatic heterocycles. The summed E-state index contributed by atoms with van der Waals surface area (Å²) in [7, 11) is 0. The molecule has 3 aromatic rings. The maximum atomic E-state index is 5.84. The number of anilines is 1. The van der Waals surface area contributed by atoms with Gasteiger partial charge in [0.15, 0.2) is 0 Å². The number of thiazole rings is 1. The Morgan fingerprint density at radius 1 is 1.09 bits per heavy atom. The molecule has 114 valence electrons. The Bertz CT molecular complexity index is 810. The van der Waals surface area contributed by atoms with Gasteiger partial charge in [-0.05, 0) is 35.9 Å². The van der Waals surface area contributed by atoms with Crippen LogP contribution in [0.4, 0.5) is 5.13 Å². The SMILES string of the molecule is Clc1ccc(/C=C/C=N/Nc2nc(-c3ccncc3)cs2)cc1. The van der Waals surface area contributed by atoms with Crippen molar-refractivity contribution in [1.82, 2.24) is 9.97 Å². The molecule has 0 aliphatic rings. The van der Waals surface area contributed by atoms with Crippen molar-refractivity contribution in [3.8, 4) is 11.3 Å². The lowest BCUT2D eigenvalue weighted by Gasteiger charge is -1.94. The van der Waals surface area contributed by atoms with E-state index in [9.17, 15) is 0 Å². The highest BCUT2D eigenvalue weighted by Crippen LogP contribution is 2.24. The van der Waals surface area contributed by atoms with Crippen LogP contribution in [0.1, 0.15) is 5.56 Å². The number of benzene rings is 1. The average Bonchev–Trinajstić information content (AvgIpc) is 3.06. The number of nitrogens with zero attached hydrogens (tertiary/aromatic N) is 3. The van der Waals surface area contributed by atoms with Crippen molar-refractivity contribution in [2.75, 3.05) is 5.43 Å². The Morgan fingerprint density at radius 3 is 2.65 bits per heavy atom. The number of rotatable bonds is 5. The molecule has 0 bridgehead atoms. The van der Waals surface area contributed by atoms with Gasteiger partial charge in [-0.2, -0.15) is 5.10 Å². The van der Waals surface area contributed by atoms with Crippen LogP contribution in [-0.2, 0) is 0 Å². The molecule has 2 aromatic heterocycles. The molecular formula is C17H13ClN4S. The molecule has 0 radical (unpaired) electrons. The first-order valence-corrected chi connectivity index (χ1v) is 8.14. The highest BCUT2D eigenvalue weighted by molar-refractivity contribution is 7.14. The second kappa shape index (κ2) is 7.67. The first-order valence-electron chi connectivity index (χ1n) is 6.88. The van der Waals surface area contributed by atoms with E-state index < -0.39 is 0 Å². The number of hydrogen-bond donors (Lipinski definition) is 1. The molecule has 0 saturated carbocycles. The zero-order chi connectivity index (χ0) is 15.9. The van der Waals surface area contributed by atoms with Gasteiger partial charge in [-0.15, -0.1) is 11.3 Å². The number of pyridine rings is 1. The molecule has 6 heteroatoms. The topological polar surface area (TPSA) is 50.2 Å². The quantitative estimate of drug-likeness (QED) is 0.527. The summed E-state index contributed by atoms with van der Waals surface area (Å²) in [6.45, 7) is 0. The average molecular weight is 341 g/mol. The fourth-order valence-electron chi connectivity index (χ4n) is 1.84. The van der Waals surface area contributed by atoms with Gasteiger partial charge in [0.05, 0.1) is 5.69 Å². The number of allylic oxidation sites excluding steroid dienone is 1.